The van der Waals surface area contributed by atoms with Gasteiger partial charge in [-0.3, -0.25) is 4.98 Å². The Morgan fingerprint density at radius 2 is 1.34 bits per heavy atom. The maximum atomic E-state index is 13.2. The van der Waals surface area contributed by atoms with E-state index in [-0.39, 0.29) is 36.0 Å². The molecule has 1 aromatic heterocycles. The Labute approximate surface area is 170 Å². The van der Waals surface area contributed by atoms with Gasteiger partial charge in [-0.2, -0.15) is 8.61 Å². The van der Waals surface area contributed by atoms with Crippen molar-refractivity contribution in [1.29, 1.82) is 0 Å². The van der Waals surface area contributed by atoms with Gasteiger partial charge in [0.2, 0.25) is 20.0 Å². The molecule has 0 spiro atoms. The summed E-state index contributed by atoms with van der Waals surface area (Å²) in [5, 5.41) is 0.745. The number of aryl methyl sites for hydroxylation is 1. The third kappa shape index (κ3) is 3.66. The second kappa shape index (κ2) is 7.49. The molecule has 9 heteroatoms. The predicted molar refractivity (Wildman–Crippen MR) is 110 cm³/mol. The summed E-state index contributed by atoms with van der Waals surface area (Å²) >= 11 is 0. The number of fused-ring (bicyclic) bond motifs is 1. The first kappa shape index (κ1) is 20.0. The van der Waals surface area contributed by atoms with Crippen LogP contribution in [0.5, 0.6) is 0 Å². The van der Waals surface area contributed by atoms with Crippen LogP contribution in [0, 0.1) is 6.92 Å². The molecule has 0 atom stereocenters. The van der Waals surface area contributed by atoms with Gasteiger partial charge in [0.15, 0.2) is 0 Å². The molecule has 1 saturated heterocycles. The zero-order valence-electron chi connectivity index (χ0n) is 15.9. The highest BCUT2D eigenvalue weighted by Crippen LogP contribution is 2.26. The number of nitrogens with zero attached hydrogens (tertiary/aromatic N) is 3. The molecule has 29 heavy (non-hydrogen) atoms. The SMILES string of the molecule is Cc1ccc(S(=O)(=O)N2CCN(S(=O)(=O)c3cccc4cccnc34)CC2)cc1. The zero-order valence-corrected chi connectivity index (χ0v) is 17.5. The Bertz CT molecular complexity index is 1240. The maximum absolute atomic E-state index is 13.2. The van der Waals surface area contributed by atoms with Gasteiger partial charge >= 0.3 is 0 Å². The number of hydrogen-bond acceptors (Lipinski definition) is 5. The van der Waals surface area contributed by atoms with E-state index in [1.54, 1.807) is 48.7 Å². The topological polar surface area (TPSA) is 87.7 Å². The van der Waals surface area contributed by atoms with E-state index in [2.05, 4.69) is 4.98 Å². The van der Waals surface area contributed by atoms with Crippen LogP contribution in [0.4, 0.5) is 0 Å². The van der Waals surface area contributed by atoms with Crippen molar-refractivity contribution >= 4 is 30.9 Å². The Balaban J connectivity index is 1.57. The van der Waals surface area contributed by atoms with Gasteiger partial charge < -0.3 is 0 Å². The molecule has 3 aromatic rings. The lowest BCUT2D eigenvalue weighted by Crippen LogP contribution is -2.50. The summed E-state index contributed by atoms with van der Waals surface area (Å²) in [6, 6.07) is 15.3. The number of para-hydroxylation sites is 1. The second-order valence-electron chi connectivity index (χ2n) is 6.95. The molecule has 1 fully saturated rings. The first-order chi connectivity index (χ1) is 13.8. The van der Waals surface area contributed by atoms with Gasteiger partial charge in [-0.25, -0.2) is 16.8 Å². The van der Waals surface area contributed by atoms with E-state index in [9.17, 15) is 16.8 Å². The highest BCUT2D eigenvalue weighted by atomic mass is 32.2. The lowest BCUT2D eigenvalue weighted by molar-refractivity contribution is 0.273. The average Bonchev–Trinajstić information content (AvgIpc) is 2.73. The average molecular weight is 432 g/mol. The smallest absolute Gasteiger partial charge is 0.245 e. The fraction of sp³-hybridized carbons (Fsp3) is 0.250. The van der Waals surface area contributed by atoms with Gasteiger partial charge in [0, 0.05) is 37.8 Å². The van der Waals surface area contributed by atoms with Gasteiger partial charge in [0.25, 0.3) is 0 Å². The summed E-state index contributed by atoms with van der Waals surface area (Å²) < 4.78 is 54.7. The molecule has 1 aliphatic rings. The molecule has 0 aliphatic carbocycles. The van der Waals surface area contributed by atoms with Gasteiger partial charge in [0.05, 0.1) is 10.4 Å². The molecular formula is C20H21N3O4S2. The minimum absolute atomic E-state index is 0.0939. The van der Waals surface area contributed by atoms with Crippen LogP contribution in [-0.4, -0.2) is 56.6 Å². The van der Waals surface area contributed by atoms with Crippen LogP contribution < -0.4 is 0 Å². The molecule has 0 bridgehead atoms. The summed E-state index contributed by atoms with van der Waals surface area (Å²) in [6.07, 6.45) is 1.56. The van der Waals surface area contributed by atoms with E-state index in [1.165, 1.54) is 8.61 Å². The third-order valence-electron chi connectivity index (χ3n) is 5.07. The van der Waals surface area contributed by atoms with E-state index in [0.717, 1.165) is 10.9 Å². The van der Waals surface area contributed by atoms with Crippen LogP contribution in [0.2, 0.25) is 0 Å². The van der Waals surface area contributed by atoms with Crippen LogP contribution in [0.3, 0.4) is 0 Å². The largest absolute Gasteiger partial charge is 0.255 e. The van der Waals surface area contributed by atoms with E-state index < -0.39 is 20.0 Å². The van der Waals surface area contributed by atoms with Crippen molar-refractivity contribution in [3.63, 3.8) is 0 Å². The maximum Gasteiger partial charge on any atom is 0.245 e. The Morgan fingerprint density at radius 3 is 2.00 bits per heavy atom. The molecule has 0 saturated carbocycles. The number of aromatic nitrogens is 1. The first-order valence-electron chi connectivity index (χ1n) is 9.21. The van der Waals surface area contributed by atoms with Gasteiger partial charge in [-0.15, -0.1) is 0 Å². The molecule has 2 aromatic carbocycles. The van der Waals surface area contributed by atoms with Crippen LogP contribution in [-0.2, 0) is 20.0 Å². The molecule has 0 unspecified atom stereocenters. The zero-order chi connectivity index (χ0) is 20.6. The number of benzene rings is 2. The van der Waals surface area contributed by atoms with E-state index >= 15 is 0 Å². The van der Waals surface area contributed by atoms with Crippen molar-refractivity contribution in [3.8, 4) is 0 Å². The standard InChI is InChI=1S/C20H21N3O4S2/c1-16-7-9-18(10-8-16)28(24,25)22-12-14-23(15-13-22)29(26,27)19-6-2-4-17-5-3-11-21-20(17)19/h2-11H,12-15H2,1H3. The minimum Gasteiger partial charge on any atom is -0.255 e. The lowest BCUT2D eigenvalue weighted by atomic mass is 10.2. The Hall–Kier alpha value is -2.33. The second-order valence-corrected chi connectivity index (χ2v) is 10.8. The van der Waals surface area contributed by atoms with Crippen molar-refractivity contribution < 1.29 is 16.8 Å². The van der Waals surface area contributed by atoms with Crippen LogP contribution in [0.25, 0.3) is 10.9 Å². The summed E-state index contributed by atoms with van der Waals surface area (Å²) in [5.74, 6) is 0. The van der Waals surface area contributed by atoms with E-state index in [0.29, 0.717) is 5.52 Å². The third-order valence-corrected chi connectivity index (χ3v) is 8.91. The lowest BCUT2D eigenvalue weighted by Gasteiger charge is -2.33. The first-order valence-corrected chi connectivity index (χ1v) is 12.1. The summed E-state index contributed by atoms with van der Waals surface area (Å²) in [5.41, 5.74) is 1.40. The molecule has 0 amide bonds. The fourth-order valence-electron chi connectivity index (χ4n) is 3.43. The molecule has 7 nitrogen and oxygen atoms in total. The van der Waals surface area contributed by atoms with E-state index in [1.807, 2.05) is 19.1 Å². The number of piperazine rings is 1. The predicted octanol–water partition coefficient (Wildman–Crippen LogP) is 2.24. The monoisotopic (exact) mass is 431 g/mol. The van der Waals surface area contributed by atoms with Gasteiger partial charge in [0.1, 0.15) is 4.90 Å². The van der Waals surface area contributed by atoms with Crippen molar-refractivity contribution in [1.82, 2.24) is 13.6 Å². The summed E-state index contributed by atoms with van der Waals surface area (Å²) in [4.78, 5) is 4.60. The minimum atomic E-state index is -3.78. The number of hydrogen-bond donors (Lipinski definition) is 0. The van der Waals surface area contributed by atoms with E-state index in [4.69, 9.17) is 0 Å². The Kier molecular flexibility index (Phi) is 5.16. The number of rotatable bonds is 4. The molecule has 0 N–H and O–H groups in total. The highest BCUT2D eigenvalue weighted by Gasteiger charge is 2.34. The van der Waals surface area contributed by atoms with Crippen molar-refractivity contribution in [3.05, 3.63) is 66.4 Å². The van der Waals surface area contributed by atoms with Gasteiger partial charge in [-0.05, 0) is 31.2 Å². The highest BCUT2D eigenvalue weighted by molar-refractivity contribution is 7.89. The molecule has 2 heterocycles. The van der Waals surface area contributed by atoms with Gasteiger partial charge in [-0.1, -0.05) is 35.9 Å². The van der Waals surface area contributed by atoms with Crippen LogP contribution in [0.15, 0.2) is 70.6 Å². The quantitative estimate of drug-likeness (QED) is 0.632. The van der Waals surface area contributed by atoms with Crippen molar-refractivity contribution in [2.45, 2.75) is 16.7 Å². The summed E-state index contributed by atoms with van der Waals surface area (Å²) in [6.45, 7) is 2.29. The Morgan fingerprint density at radius 1 is 0.759 bits per heavy atom. The number of sulfonamides is 2. The molecule has 1 aliphatic heterocycles. The van der Waals surface area contributed by atoms with Crippen molar-refractivity contribution in [2.75, 3.05) is 26.2 Å². The molecule has 0 radical (unpaired) electrons. The van der Waals surface area contributed by atoms with Crippen molar-refractivity contribution in [2.24, 2.45) is 0 Å². The summed E-state index contributed by atoms with van der Waals surface area (Å²) in [7, 11) is -7.43. The molecule has 4 rings (SSSR count). The van der Waals surface area contributed by atoms with Crippen LogP contribution >= 0.6 is 0 Å². The molecular weight excluding hydrogens is 410 g/mol. The molecule has 152 valence electrons. The fourth-order valence-corrected chi connectivity index (χ4v) is 6.44. The normalized spacial score (nSPS) is 16.9. The van der Waals surface area contributed by atoms with Crippen LogP contribution in [0.1, 0.15) is 5.56 Å². The number of pyridine rings is 1.